The Morgan fingerprint density at radius 1 is 1.47 bits per heavy atom. The molecule has 2 rings (SSSR count). The van der Waals surface area contributed by atoms with Gasteiger partial charge in [0.2, 0.25) is 0 Å². The number of aryl methyl sites for hydroxylation is 2. The molecular formula is C12H15BrN4. The standard InChI is InChI=1S/C12H15BrN4/c1-8-11(14)12(17(2)16-8)15-7-9-4-3-5-10(13)6-9/h3-6,15H,7,14H2,1-2H3. The Kier molecular flexibility index (Phi) is 3.38. The van der Waals surface area contributed by atoms with Crippen molar-refractivity contribution in [3.63, 3.8) is 0 Å². The molecule has 0 aliphatic carbocycles. The monoisotopic (exact) mass is 294 g/mol. The summed E-state index contributed by atoms with van der Waals surface area (Å²) in [7, 11) is 1.88. The van der Waals surface area contributed by atoms with Crippen LogP contribution in [0.3, 0.4) is 0 Å². The third kappa shape index (κ3) is 2.61. The van der Waals surface area contributed by atoms with E-state index in [2.05, 4.69) is 38.5 Å². The maximum atomic E-state index is 5.94. The molecule has 4 nitrogen and oxygen atoms in total. The van der Waals surface area contributed by atoms with E-state index in [0.717, 1.165) is 22.5 Å². The van der Waals surface area contributed by atoms with Crippen molar-refractivity contribution >= 4 is 27.4 Å². The maximum Gasteiger partial charge on any atom is 0.148 e. The number of nitrogens with one attached hydrogen (secondary N) is 1. The number of nitrogens with two attached hydrogens (primary N) is 1. The van der Waals surface area contributed by atoms with Crippen LogP contribution in [0.4, 0.5) is 11.5 Å². The van der Waals surface area contributed by atoms with E-state index in [4.69, 9.17) is 5.73 Å². The first-order valence-corrected chi connectivity index (χ1v) is 6.14. The number of aromatic nitrogens is 2. The zero-order valence-electron chi connectivity index (χ0n) is 9.87. The fourth-order valence-electron chi connectivity index (χ4n) is 1.72. The lowest BCUT2D eigenvalue weighted by Gasteiger charge is -2.08. The van der Waals surface area contributed by atoms with Gasteiger partial charge in [0.1, 0.15) is 5.82 Å². The lowest BCUT2D eigenvalue weighted by Crippen LogP contribution is -2.06. The highest BCUT2D eigenvalue weighted by Crippen LogP contribution is 2.22. The van der Waals surface area contributed by atoms with Gasteiger partial charge in [0.15, 0.2) is 0 Å². The molecule has 1 aromatic carbocycles. The van der Waals surface area contributed by atoms with Crippen LogP contribution in [0.2, 0.25) is 0 Å². The second kappa shape index (κ2) is 4.79. The third-order valence-corrected chi connectivity index (χ3v) is 3.11. The van der Waals surface area contributed by atoms with E-state index in [1.165, 1.54) is 5.56 Å². The van der Waals surface area contributed by atoms with Gasteiger partial charge in [0, 0.05) is 18.1 Å². The number of nitrogen functional groups attached to an aromatic ring is 1. The Labute approximate surface area is 109 Å². The second-order valence-corrected chi connectivity index (χ2v) is 4.87. The Morgan fingerprint density at radius 2 is 2.24 bits per heavy atom. The number of hydrogen-bond donors (Lipinski definition) is 2. The molecule has 3 N–H and O–H groups in total. The molecule has 0 amide bonds. The van der Waals surface area contributed by atoms with Crippen LogP contribution in [0.5, 0.6) is 0 Å². The molecule has 1 heterocycles. The Balaban J connectivity index is 2.12. The zero-order chi connectivity index (χ0) is 12.4. The Hall–Kier alpha value is -1.49. The van der Waals surface area contributed by atoms with Gasteiger partial charge in [0.05, 0.1) is 11.4 Å². The molecule has 1 aromatic heterocycles. The van der Waals surface area contributed by atoms with Gasteiger partial charge in [-0.3, -0.25) is 4.68 Å². The van der Waals surface area contributed by atoms with E-state index in [-0.39, 0.29) is 0 Å². The number of hydrogen-bond acceptors (Lipinski definition) is 3. The van der Waals surface area contributed by atoms with E-state index in [0.29, 0.717) is 5.69 Å². The van der Waals surface area contributed by atoms with E-state index >= 15 is 0 Å². The summed E-state index contributed by atoms with van der Waals surface area (Å²) < 4.78 is 2.84. The van der Waals surface area contributed by atoms with E-state index in [1.807, 2.05) is 26.1 Å². The number of nitrogens with zero attached hydrogens (tertiary/aromatic N) is 2. The number of rotatable bonds is 3. The molecule has 0 aliphatic rings. The van der Waals surface area contributed by atoms with Crippen LogP contribution in [0.25, 0.3) is 0 Å². The summed E-state index contributed by atoms with van der Waals surface area (Å²) in [6.45, 7) is 2.63. The van der Waals surface area contributed by atoms with Crippen molar-refractivity contribution in [2.75, 3.05) is 11.1 Å². The van der Waals surface area contributed by atoms with Crippen molar-refractivity contribution in [3.05, 3.63) is 40.0 Å². The molecular weight excluding hydrogens is 280 g/mol. The van der Waals surface area contributed by atoms with Crippen LogP contribution in [-0.2, 0) is 13.6 Å². The van der Waals surface area contributed by atoms with Gasteiger partial charge in [-0.05, 0) is 24.6 Å². The molecule has 2 aromatic rings. The van der Waals surface area contributed by atoms with Crippen molar-refractivity contribution in [2.24, 2.45) is 7.05 Å². The van der Waals surface area contributed by atoms with Gasteiger partial charge in [-0.25, -0.2) is 0 Å². The summed E-state index contributed by atoms with van der Waals surface area (Å²) in [6, 6.07) is 8.16. The minimum atomic E-state index is 0.711. The number of benzene rings is 1. The molecule has 0 unspecified atom stereocenters. The molecule has 0 aliphatic heterocycles. The minimum Gasteiger partial charge on any atom is -0.394 e. The Bertz CT molecular complexity index is 533. The molecule has 0 saturated heterocycles. The summed E-state index contributed by atoms with van der Waals surface area (Å²) in [6.07, 6.45) is 0. The van der Waals surface area contributed by atoms with Gasteiger partial charge in [-0.1, -0.05) is 28.1 Å². The molecule has 0 atom stereocenters. The van der Waals surface area contributed by atoms with Crippen LogP contribution in [0, 0.1) is 6.92 Å². The van der Waals surface area contributed by atoms with Crippen molar-refractivity contribution < 1.29 is 0 Å². The van der Waals surface area contributed by atoms with Crippen molar-refractivity contribution in [1.82, 2.24) is 9.78 Å². The van der Waals surface area contributed by atoms with Crippen molar-refractivity contribution in [2.45, 2.75) is 13.5 Å². The zero-order valence-corrected chi connectivity index (χ0v) is 11.5. The summed E-state index contributed by atoms with van der Waals surface area (Å²) in [4.78, 5) is 0. The SMILES string of the molecule is Cc1nn(C)c(NCc2cccc(Br)c2)c1N. The average Bonchev–Trinajstić information content (AvgIpc) is 2.51. The van der Waals surface area contributed by atoms with E-state index in [9.17, 15) is 0 Å². The van der Waals surface area contributed by atoms with Gasteiger partial charge < -0.3 is 11.1 Å². The third-order valence-electron chi connectivity index (χ3n) is 2.62. The first-order chi connectivity index (χ1) is 8.08. The largest absolute Gasteiger partial charge is 0.394 e. The summed E-state index contributed by atoms with van der Waals surface area (Å²) >= 11 is 3.45. The molecule has 0 fully saturated rings. The van der Waals surface area contributed by atoms with Gasteiger partial charge in [-0.2, -0.15) is 5.10 Å². The topological polar surface area (TPSA) is 55.9 Å². The fourth-order valence-corrected chi connectivity index (χ4v) is 2.16. The molecule has 0 bridgehead atoms. The average molecular weight is 295 g/mol. The number of anilines is 2. The van der Waals surface area contributed by atoms with Crippen LogP contribution in [-0.4, -0.2) is 9.78 Å². The molecule has 90 valence electrons. The highest BCUT2D eigenvalue weighted by atomic mass is 79.9. The summed E-state index contributed by atoms with van der Waals surface area (Å²) in [5, 5.41) is 7.56. The summed E-state index contributed by atoms with van der Waals surface area (Å²) in [5.41, 5.74) is 8.70. The normalized spacial score (nSPS) is 10.5. The highest BCUT2D eigenvalue weighted by Gasteiger charge is 2.08. The predicted octanol–water partition coefficient (Wildman–Crippen LogP) is 2.69. The van der Waals surface area contributed by atoms with Gasteiger partial charge in [0.25, 0.3) is 0 Å². The van der Waals surface area contributed by atoms with Crippen LogP contribution >= 0.6 is 15.9 Å². The van der Waals surface area contributed by atoms with Crippen LogP contribution in [0.1, 0.15) is 11.3 Å². The smallest absolute Gasteiger partial charge is 0.148 e. The Morgan fingerprint density at radius 3 is 2.82 bits per heavy atom. The highest BCUT2D eigenvalue weighted by molar-refractivity contribution is 9.10. The molecule has 0 saturated carbocycles. The van der Waals surface area contributed by atoms with Gasteiger partial charge in [-0.15, -0.1) is 0 Å². The first kappa shape index (κ1) is 12.0. The summed E-state index contributed by atoms with van der Waals surface area (Å²) in [5.74, 6) is 0.863. The molecule has 5 heteroatoms. The van der Waals surface area contributed by atoms with E-state index in [1.54, 1.807) is 4.68 Å². The fraction of sp³-hybridized carbons (Fsp3) is 0.250. The minimum absolute atomic E-state index is 0.711. The maximum absolute atomic E-state index is 5.94. The quantitative estimate of drug-likeness (QED) is 0.915. The second-order valence-electron chi connectivity index (χ2n) is 3.95. The molecule has 17 heavy (non-hydrogen) atoms. The first-order valence-electron chi connectivity index (χ1n) is 5.35. The predicted molar refractivity (Wildman–Crippen MR) is 73.8 cm³/mol. The van der Waals surface area contributed by atoms with Crippen LogP contribution < -0.4 is 11.1 Å². The number of halogens is 1. The van der Waals surface area contributed by atoms with Crippen LogP contribution in [0.15, 0.2) is 28.7 Å². The lowest BCUT2D eigenvalue weighted by atomic mass is 10.2. The van der Waals surface area contributed by atoms with Crippen molar-refractivity contribution in [3.8, 4) is 0 Å². The lowest BCUT2D eigenvalue weighted by molar-refractivity contribution is 0.758. The van der Waals surface area contributed by atoms with Crippen molar-refractivity contribution in [1.29, 1.82) is 0 Å². The van der Waals surface area contributed by atoms with E-state index < -0.39 is 0 Å². The van der Waals surface area contributed by atoms with Gasteiger partial charge >= 0.3 is 0 Å². The molecule has 0 spiro atoms. The molecule has 0 radical (unpaired) electrons.